The molecule has 4 rings (SSSR count). The van der Waals surface area contributed by atoms with Crippen molar-refractivity contribution >= 4 is 17.4 Å². The molecule has 0 aromatic heterocycles. The Bertz CT molecular complexity index is 1310. The Labute approximate surface area is 192 Å². The summed E-state index contributed by atoms with van der Waals surface area (Å²) < 4.78 is 32.4. The van der Waals surface area contributed by atoms with Gasteiger partial charge in [-0.3, -0.25) is 20.2 Å². The van der Waals surface area contributed by atoms with E-state index in [9.17, 15) is 28.5 Å². The van der Waals surface area contributed by atoms with Crippen molar-refractivity contribution in [3.8, 4) is 0 Å². The van der Waals surface area contributed by atoms with E-state index in [4.69, 9.17) is 4.74 Å². The fraction of sp³-hybridized carbons (Fsp3) is 0.120. The molecule has 0 saturated heterocycles. The predicted molar refractivity (Wildman–Crippen MR) is 118 cm³/mol. The van der Waals surface area contributed by atoms with Crippen LogP contribution in [-0.2, 0) is 15.1 Å². The van der Waals surface area contributed by atoms with Crippen molar-refractivity contribution in [3.63, 3.8) is 0 Å². The molecule has 1 heterocycles. The summed E-state index contributed by atoms with van der Waals surface area (Å²) in [7, 11) is 1.21. The number of hydrogen-bond acceptors (Lipinski definition) is 6. The minimum Gasteiger partial charge on any atom is -0.467 e. The number of carbonyl (C=O) groups excluding carboxylic acids is 2. The van der Waals surface area contributed by atoms with Crippen molar-refractivity contribution < 1.29 is 28.0 Å². The summed E-state index contributed by atoms with van der Waals surface area (Å²) in [5.74, 6) is -3.63. The number of esters is 1. The first kappa shape index (κ1) is 22.9. The second-order valence-corrected chi connectivity index (χ2v) is 7.65. The number of nitrogens with zero attached hydrogens (tertiary/aromatic N) is 1. The second-order valence-electron chi connectivity index (χ2n) is 7.65. The standard InChI is InChI=1S/C25H18F2N2O5/c1-34-24(31)25(17-5-3-2-4-6-17)14-19(23(30)16-9-12-20(26)21(27)13-16)22(28-25)15-7-10-18(11-8-15)29(32)33/h2-14,22,28H,1H3/t22-,25+/m0/s1. The second kappa shape index (κ2) is 8.95. The zero-order chi connectivity index (χ0) is 24.5. The van der Waals surface area contributed by atoms with Crippen LogP contribution in [0.1, 0.15) is 27.5 Å². The van der Waals surface area contributed by atoms with E-state index < -0.39 is 39.9 Å². The highest BCUT2D eigenvalue weighted by Gasteiger charge is 2.48. The molecule has 9 heteroatoms. The number of ketones is 1. The van der Waals surface area contributed by atoms with E-state index in [0.717, 1.165) is 18.2 Å². The minimum absolute atomic E-state index is 0.0779. The Kier molecular flexibility index (Phi) is 6.04. The molecule has 3 aromatic carbocycles. The fourth-order valence-corrected chi connectivity index (χ4v) is 3.98. The SMILES string of the molecule is COC(=O)[C@]1(c2ccccc2)C=C(C(=O)c2ccc(F)c(F)c2)[C@H](c2ccc([N+](=O)[O-])cc2)N1. The lowest BCUT2D eigenvalue weighted by molar-refractivity contribution is -0.384. The van der Waals surface area contributed by atoms with Crippen LogP contribution in [0.25, 0.3) is 0 Å². The van der Waals surface area contributed by atoms with Crippen LogP contribution in [0.5, 0.6) is 0 Å². The van der Waals surface area contributed by atoms with Gasteiger partial charge in [0.1, 0.15) is 0 Å². The molecular weight excluding hydrogens is 446 g/mol. The number of nitro groups is 1. The summed E-state index contributed by atoms with van der Waals surface area (Å²) in [6.45, 7) is 0. The highest BCUT2D eigenvalue weighted by atomic mass is 19.2. The molecule has 34 heavy (non-hydrogen) atoms. The van der Waals surface area contributed by atoms with Crippen LogP contribution in [-0.4, -0.2) is 23.8 Å². The molecule has 0 saturated carbocycles. The van der Waals surface area contributed by atoms with Crippen molar-refractivity contribution in [3.05, 3.63) is 123 Å². The molecular formula is C25H18F2N2O5. The zero-order valence-electron chi connectivity index (χ0n) is 17.8. The van der Waals surface area contributed by atoms with E-state index in [1.807, 2.05) is 0 Å². The number of methoxy groups -OCH3 is 1. The molecule has 1 N–H and O–H groups in total. The van der Waals surface area contributed by atoms with Gasteiger partial charge >= 0.3 is 5.97 Å². The Morgan fingerprint density at radius 1 is 1.00 bits per heavy atom. The van der Waals surface area contributed by atoms with Crippen LogP contribution in [0.3, 0.4) is 0 Å². The van der Waals surface area contributed by atoms with Gasteiger partial charge in [0.15, 0.2) is 23.0 Å². The number of non-ortho nitro benzene ring substituents is 1. The summed E-state index contributed by atoms with van der Waals surface area (Å²) in [4.78, 5) is 37.0. The minimum atomic E-state index is -1.56. The van der Waals surface area contributed by atoms with Gasteiger partial charge in [-0.15, -0.1) is 0 Å². The number of Topliss-reactive ketones (excluding diaryl/α,β-unsaturated/α-hetero) is 1. The monoisotopic (exact) mass is 464 g/mol. The van der Waals surface area contributed by atoms with Crippen LogP contribution < -0.4 is 5.32 Å². The molecule has 172 valence electrons. The van der Waals surface area contributed by atoms with Crippen molar-refractivity contribution in [1.29, 1.82) is 0 Å². The number of halogens is 2. The topological polar surface area (TPSA) is 98.5 Å². The lowest BCUT2D eigenvalue weighted by Gasteiger charge is -2.28. The molecule has 0 amide bonds. The van der Waals surface area contributed by atoms with E-state index in [-0.39, 0.29) is 16.8 Å². The Morgan fingerprint density at radius 2 is 1.68 bits per heavy atom. The Hall–Kier alpha value is -4.24. The molecule has 0 unspecified atom stereocenters. The molecule has 1 aliphatic rings. The van der Waals surface area contributed by atoms with Crippen molar-refractivity contribution in [2.75, 3.05) is 7.11 Å². The van der Waals surface area contributed by atoms with E-state index in [0.29, 0.717) is 11.1 Å². The van der Waals surface area contributed by atoms with Gasteiger partial charge in [0, 0.05) is 23.3 Å². The van der Waals surface area contributed by atoms with Gasteiger partial charge in [0.05, 0.1) is 18.1 Å². The van der Waals surface area contributed by atoms with Crippen LogP contribution in [0, 0.1) is 21.7 Å². The number of nitro benzene ring substituents is 1. The fourth-order valence-electron chi connectivity index (χ4n) is 3.98. The number of ether oxygens (including phenoxy) is 1. The predicted octanol–water partition coefficient (Wildman–Crippen LogP) is 4.40. The third-order valence-electron chi connectivity index (χ3n) is 5.67. The third-order valence-corrected chi connectivity index (χ3v) is 5.67. The number of hydrogen-bond donors (Lipinski definition) is 1. The number of benzene rings is 3. The highest BCUT2D eigenvalue weighted by Crippen LogP contribution is 2.41. The van der Waals surface area contributed by atoms with Crippen LogP contribution in [0.15, 0.2) is 84.4 Å². The van der Waals surface area contributed by atoms with E-state index in [1.165, 1.54) is 37.5 Å². The first-order valence-electron chi connectivity index (χ1n) is 10.2. The average Bonchev–Trinajstić information content (AvgIpc) is 3.27. The summed E-state index contributed by atoms with van der Waals surface area (Å²) >= 11 is 0. The van der Waals surface area contributed by atoms with Gasteiger partial charge in [0.2, 0.25) is 0 Å². The summed E-state index contributed by atoms with van der Waals surface area (Å²) in [6.07, 6.45) is 1.41. The lowest BCUT2D eigenvalue weighted by Crippen LogP contribution is -2.46. The van der Waals surface area contributed by atoms with Gasteiger partial charge in [-0.05, 0) is 35.4 Å². The molecule has 0 spiro atoms. The van der Waals surface area contributed by atoms with E-state index in [1.54, 1.807) is 30.3 Å². The third kappa shape index (κ3) is 3.97. The highest BCUT2D eigenvalue weighted by molar-refractivity contribution is 6.11. The summed E-state index contributed by atoms with van der Waals surface area (Å²) in [6, 6.07) is 15.9. The smallest absolute Gasteiger partial charge is 0.334 e. The van der Waals surface area contributed by atoms with E-state index >= 15 is 0 Å². The molecule has 0 radical (unpaired) electrons. The molecule has 1 aliphatic heterocycles. The van der Waals surface area contributed by atoms with Gasteiger partial charge in [-0.25, -0.2) is 13.6 Å². The van der Waals surface area contributed by atoms with Gasteiger partial charge in [-0.1, -0.05) is 42.5 Å². The Balaban J connectivity index is 1.88. The van der Waals surface area contributed by atoms with Gasteiger partial charge in [0.25, 0.3) is 5.69 Å². The van der Waals surface area contributed by atoms with Crippen molar-refractivity contribution in [2.24, 2.45) is 0 Å². The Morgan fingerprint density at radius 3 is 2.26 bits per heavy atom. The maximum atomic E-state index is 13.9. The van der Waals surface area contributed by atoms with Gasteiger partial charge in [-0.2, -0.15) is 0 Å². The molecule has 0 fully saturated rings. The quantitative estimate of drug-likeness (QED) is 0.251. The molecule has 7 nitrogen and oxygen atoms in total. The first-order chi connectivity index (χ1) is 16.3. The molecule has 0 bridgehead atoms. The normalized spacial score (nSPS) is 19.4. The van der Waals surface area contributed by atoms with Gasteiger partial charge < -0.3 is 4.74 Å². The van der Waals surface area contributed by atoms with Crippen LogP contribution in [0.2, 0.25) is 0 Å². The molecule has 3 aromatic rings. The summed E-state index contributed by atoms with van der Waals surface area (Å²) in [5, 5.41) is 14.2. The number of rotatable bonds is 6. The molecule has 2 atom stereocenters. The summed E-state index contributed by atoms with van der Waals surface area (Å²) in [5.41, 5.74) is -0.814. The van der Waals surface area contributed by atoms with E-state index in [2.05, 4.69) is 5.32 Å². The zero-order valence-corrected chi connectivity index (χ0v) is 17.8. The first-order valence-corrected chi connectivity index (χ1v) is 10.2. The number of carbonyl (C=O) groups is 2. The van der Waals surface area contributed by atoms with Crippen LogP contribution >= 0.6 is 0 Å². The molecule has 0 aliphatic carbocycles. The van der Waals surface area contributed by atoms with Crippen molar-refractivity contribution in [2.45, 2.75) is 11.6 Å². The maximum absolute atomic E-state index is 13.9. The average molecular weight is 464 g/mol. The number of nitrogens with one attached hydrogen (secondary N) is 1. The van der Waals surface area contributed by atoms with Crippen molar-refractivity contribution in [1.82, 2.24) is 5.32 Å². The van der Waals surface area contributed by atoms with Crippen LogP contribution in [0.4, 0.5) is 14.5 Å². The lowest BCUT2D eigenvalue weighted by atomic mass is 9.89. The largest absolute Gasteiger partial charge is 0.467 e. The maximum Gasteiger partial charge on any atom is 0.334 e.